The Morgan fingerprint density at radius 3 is 1.60 bits per heavy atom. The first-order valence-corrected chi connectivity index (χ1v) is 6.72. The van der Waals surface area contributed by atoms with E-state index in [0.717, 1.165) is 16.9 Å². The third kappa shape index (κ3) is 2.82. The van der Waals surface area contributed by atoms with Gasteiger partial charge in [0, 0.05) is 0 Å². The highest BCUT2D eigenvalue weighted by Gasteiger charge is 2.12. The summed E-state index contributed by atoms with van der Waals surface area (Å²) in [6.07, 6.45) is 0. The van der Waals surface area contributed by atoms with Gasteiger partial charge in [-0.05, 0) is 52.0 Å². The van der Waals surface area contributed by atoms with Gasteiger partial charge < -0.3 is 9.84 Å². The van der Waals surface area contributed by atoms with Crippen LogP contribution in [-0.4, -0.2) is 19.5 Å². The zero-order valence-corrected chi connectivity index (χ0v) is 12.7. The number of rotatable bonds is 3. The Morgan fingerprint density at radius 2 is 1.20 bits per heavy atom. The molecule has 2 rings (SSSR count). The lowest BCUT2D eigenvalue weighted by Crippen LogP contribution is -2.34. The predicted molar refractivity (Wildman–Crippen MR) is 85.1 cm³/mol. The fraction of sp³-hybridized carbons (Fsp3) is 0.294. The lowest BCUT2D eigenvalue weighted by Gasteiger charge is -2.15. The summed E-state index contributed by atoms with van der Waals surface area (Å²) in [6.45, 7) is 8.22. The van der Waals surface area contributed by atoms with Crippen LogP contribution in [0.4, 0.5) is 0 Å². The number of ether oxygens (including phenoxy) is 1. The number of aromatic hydroxyl groups is 1. The molecule has 0 saturated heterocycles. The minimum atomic E-state index is 0.320. The molecule has 2 aromatic carbocycles. The molecule has 0 aliphatic carbocycles. The van der Waals surface area contributed by atoms with Crippen LogP contribution in [0.5, 0.6) is 11.5 Å². The second-order valence-electron chi connectivity index (χ2n) is 5.31. The van der Waals surface area contributed by atoms with Crippen LogP contribution in [0.15, 0.2) is 24.3 Å². The Balaban J connectivity index is 2.45. The van der Waals surface area contributed by atoms with Gasteiger partial charge in [-0.3, -0.25) is 0 Å². The molecule has 1 radical (unpaired) electrons. The number of hydrogen-bond donors (Lipinski definition) is 1. The van der Waals surface area contributed by atoms with Crippen LogP contribution in [0, 0.1) is 27.7 Å². The predicted octanol–water partition coefficient (Wildman–Crippen LogP) is 2.29. The molecular weight excluding hydrogens is 247 g/mol. The van der Waals surface area contributed by atoms with Gasteiger partial charge in [-0.15, -0.1) is 0 Å². The molecule has 0 aliphatic heterocycles. The summed E-state index contributed by atoms with van der Waals surface area (Å²) in [4.78, 5) is 0. The molecule has 1 N–H and O–H groups in total. The zero-order chi connectivity index (χ0) is 14.9. The Morgan fingerprint density at radius 1 is 0.800 bits per heavy atom. The van der Waals surface area contributed by atoms with E-state index >= 15 is 0 Å². The van der Waals surface area contributed by atoms with Gasteiger partial charge in [0.15, 0.2) is 7.28 Å². The highest BCUT2D eigenvalue weighted by Crippen LogP contribution is 2.15. The molecule has 0 unspecified atom stereocenters. The van der Waals surface area contributed by atoms with E-state index < -0.39 is 0 Å². The molecule has 3 heteroatoms. The van der Waals surface area contributed by atoms with Crippen LogP contribution < -0.4 is 15.7 Å². The number of benzene rings is 2. The molecule has 2 aromatic rings. The minimum Gasteiger partial charge on any atom is -0.508 e. The van der Waals surface area contributed by atoms with Crippen molar-refractivity contribution >= 4 is 18.2 Å². The normalized spacial score (nSPS) is 10.4. The van der Waals surface area contributed by atoms with Crippen molar-refractivity contribution in [3.8, 4) is 11.5 Å². The van der Waals surface area contributed by atoms with Crippen LogP contribution in [0.1, 0.15) is 22.3 Å². The highest BCUT2D eigenvalue weighted by molar-refractivity contribution is 6.69. The minimum absolute atomic E-state index is 0.320. The van der Waals surface area contributed by atoms with Crippen LogP contribution in [-0.2, 0) is 0 Å². The molecule has 20 heavy (non-hydrogen) atoms. The second-order valence-corrected chi connectivity index (χ2v) is 5.31. The van der Waals surface area contributed by atoms with Crippen molar-refractivity contribution in [3.05, 3.63) is 46.5 Å². The van der Waals surface area contributed by atoms with E-state index in [1.807, 2.05) is 26.0 Å². The van der Waals surface area contributed by atoms with Gasteiger partial charge >= 0.3 is 0 Å². The largest absolute Gasteiger partial charge is 0.508 e. The topological polar surface area (TPSA) is 29.5 Å². The summed E-state index contributed by atoms with van der Waals surface area (Å²) in [5, 5.41) is 9.63. The highest BCUT2D eigenvalue weighted by atomic mass is 16.5. The van der Waals surface area contributed by atoms with E-state index in [9.17, 15) is 5.11 Å². The number of hydrogen-bond acceptors (Lipinski definition) is 2. The number of phenolic OH excluding ortho intramolecular Hbond substituents is 1. The van der Waals surface area contributed by atoms with E-state index in [2.05, 4.69) is 21.1 Å². The molecule has 0 heterocycles. The summed E-state index contributed by atoms with van der Waals surface area (Å²) < 4.78 is 5.30. The average molecular weight is 267 g/mol. The standard InChI is InChI=1S/C17H20BO2/c1-10-6-14(19)7-11(2)16(10)18-17-12(3)8-15(20-5)9-13(17)4/h6-9,19H,1-5H3. The molecule has 0 aromatic heterocycles. The van der Waals surface area contributed by atoms with E-state index in [1.165, 1.54) is 22.1 Å². The van der Waals surface area contributed by atoms with Crippen molar-refractivity contribution in [1.29, 1.82) is 0 Å². The van der Waals surface area contributed by atoms with Crippen molar-refractivity contribution < 1.29 is 9.84 Å². The van der Waals surface area contributed by atoms with Crippen LogP contribution in [0.25, 0.3) is 0 Å². The molecule has 0 fully saturated rings. The fourth-order valence-electron chi connectivity index (χ4n) is 2.60. The third-order valence-corrected chi connectivity index (χ3v) is 3.67. The van der Waals surface area contributed by atoms with Gasteiger partial charge in [-0.25, -0.2) is 0 Å². The lowest BCUT2D eigenvalue weighted by molar-refractivity contribution is 0.414. The number of phenols is 1. The SMILES string of the molecule is COc1cc(C)c([B]c2c(C)cc(O)cc2C)c(C)c1. The quantitative estimate of drug-likeness (QED) is 0.864. The lowest BCUT2D eigenvalue weighted by atomic mass is 9.58. The number of methoxy groups -OCH3 is 1. The first-order valence-electron chi connectivity index (χ1n) is 6.72. The van der Waals surface area contributed by atoms with Crippen LogP contribution in [0.2, 0.25) is 0 Å². The van der Waals surface area contributed by atoms with Crippen molar-refractivity contribution in [2.24, 2.45) is 0 Å². The van der Waals surface area contributed by atoms with Gasteiger partial charge in [-0.1, -0.05) is 33.2 Å². The van der Waals surface area contributed by atoms with Gasteiger partial charge in [0.25, 0.3) is 0 Å². The first-order chi connectivity index (χ1) is 9.42. The van der Waals surface area contributed by atoms with Crippen molar-refractivity contribution in [2.45, 2.75) is 27.7 Å². The van der Waals surface area contributed by atoms with E-state index in [-0.39, 0.29) is 0 Å². The summed E-state index contributed by atoms with van der Waals surface area (Å²) in [7, 11) is 3.88. The van der Waals surface area contributed by atoms with Gasteiger partial charge in [0.1, 0.15) is 11.5 Å². The number of aryl methyl sites for hydroxylation is 4. The molecule has 0 spiro atoms. The fourth-order valence-corrected chi connectivity index (χ4v) is 2.60. The molecular formula is C17H20BO2. The van der Waals surface area contributed by atoms with Gasteiger partial charge in [0.05, 0.1) is 7.11 Å². The third-order valence-electron chi connectivity index (χ3n) is 3.67. The van der Waals surface area contributed by atoms with E-state index in [0.29, 0.717) is 5.75 Å². The maximum atomic E-state index is 9.63. The van der Waals surface area contributed by atoms with Crippen molar-refractivity contribution in [3.63, 3.8) is 0 Å². The molecule has 0 saturated carbocycles. The molecule has 0 bridgehead atoms. The van der Waals surface area contributed by atoms with Crippen molar-refractivity contribution in [2.75, 3.05) is 7.11 Å². The Bertz CT molecular complexity index is 601. The maximum absolute atomic E-state index is 9.63. The Kier molecular flexibility index (Phi) is 4.08. The van der Waals surface area contributed by atoms with Crippen LogP contribution >= 0.6 is 0 Å². The summed E-state index contributed by atoms with van der Waals surface area (Å²) in [6, 6.07) is 7.69. The average Bonchev–Trinajstić information content (AvgIpc) is 2.35. The van der Waals surface area contributed by atoms with Gasteiger partial charge in [-0.2, -0.15) is 0 Å². The van der Waals surface area contributed by atoms with Gasteiger partial charge in [0.2, 0.25) is 0 Å². The van der Waals surface area contributed by atoms with E-state index in [1.54, 1.807) is 19.2 Å². The molecule has 0 aliphatic rings. The Labute approximate surface area is 121 Å². The Hall–Kier alpha value is -1.90. The van der Waals surface area contributed by atoms with Crippen molar-refractivity contribution in [1.82, 2.24) is 0 Å². The summed E-state index contributed by atoms with van der Waals surface area (Å²) in [5.74, 6) is 1.21. The van der Waals surface area contributed by atoms with Crippen LogP contribution in [0.3, 0.4) is 0 Å². The molecule has 2 nitrogen and oxygen atoms in total. The summed E-state index contributed by atoms with van der Waals surface area (Å²) in [5.41, 5.74) is 6.92. The zero-order valence-electron chi connectivity index (χ0n) is 12.7. The molecule has 0 amide bonds. The monoisotopic (exact) mass is 267 g/mol. The summed E-state index contributed by atoms with van der Waals surface area (Å²) >= 11 is 0. The molecule has 103 valence electrons. The smallest absolute Gasteiger partial charge is 0.192 e. The maximum Gasteiger partial charge on any atom is 0.192 e. The molecule has 0 atom stereocenters. The van der Waals surface area contributed by atoms with E-state index in [4.69, 9.17) is 4.74 Å². The first kappa shape index (κ1) is 14.5. The second kappa shape index (κ2) is 5.62.